The molecule has 2 saturated heterocycles. The van der Waals surface area contributed by atoms with Gasteiger partial charge >= 0.3 is 0 Å². The molecule has 0 saturated carbocycles. The van der Waals surface area contributed by atoms with Gasteiger partial charge in [0.2, 0.25) is 11.9 Å². The number of carbonyl (C=O) groups excluding carboxylic acids is 1. The van der Waals surface area contributed by atoms with E-state index in [4.69, 9.17) is 4.74 Å². The third kappa shape index (κ3) is 3.17. The maximum Gasteiger partial charge on any atom is 0.230 e. The number of amides is 1. The molecule has 2 aliphatic heterocycles. The molecule has 0 aliphatic carbocycles. The molecule has 3 heterocycles. The minimum Gasteiger partial charge on any atom is -0.383 e. The van der Waals surface area contributed by atoms with Crippen LogP contribution in [0.1, 0.15) is 31.7 Å². The molecule has 126 valence electrons. The molecule has 0 N–H and O–H groups in total. The molecule has 3 rings (SSSR count). The molecule has 1 aromatic rings. The normalized spacial score (nSPS) is 24.7. The predicted molar refractivity (Wildman–Crippen MR) is 88.4 cm³/mol. The SMILES string of the molecule is CCc1cnc(N2CC[C@]3(CCCN(CCOC)C3=O)C2)nc1. The quantitative estimate of drug-likeness (QED) is 0.823. The number of nitrogens with zero attached hydrogens (tertiary/aromatic N) is 4. The first-order valence-corrected chi connectivity index (χ1v) is 8.53. The summed E-state index contributed by atoms with van der Waals surface area (Å²) in [5.41, 5.74) is 0.890. The smallest absolute Gasteiger partial charge is 0.230 e. The van der Waals surface area contributed by atoms with Gasteiger partial charge < -0.3 is 14.5 Å². The third-order valence-electron chi connectivity index (χ3n) is 5.13. The lowest BCUT2D eigenvalue weighted by atomic mass is 9.78. The zero-order valence-corrected chi connectivity index (χ0v) is 14.1. The first-order chi connectivity index (χ1) is 11.2. The highest BCUT2D eigenvalue weighted by molar-refractivity contribution is 5.85. The zero-order valence-electron chi connectivity index (χ0n) is 14.1. The summed E-state index contributed by atoms with van der Waals surface area (Å²) in [7, 11) is 1.68. The Morgan fingerprint density at radius 2 is 2.04 bits per heavy atom. The molecule has 1 atom stereocenters. The van der Waals surface area contributed by atoms with E-state index in [1.807, 2.05) is 17.3 Å². The fourth-order valence-electron chi connectivity index (χ4n) is 3.68. The van der Waals surface area contributed by atoms with Crippen molar-refractivity contribution in [1.29, 1.82) is 0 Å². The molecule has 6 heteroatoms. The summed E-state index contributed by atoms with van der Waals surface area (Å²) in [6.07, 6.45) is 7.66. The van der Waals surface area contributed by atoms with Crippen molar-refractivity contribution in [2.24, 2.45) is 5.41 Å². The second-order valence-corrected chi connectivity index (χ2v) is 6.59. The molecule has 0 unspecified atom stereocenters. The summed E-state index contributed by atoms with van der Waals surface area (Å²) in [6.45, 7) is 5.84. The number of anilines is 1. The Balaban J connectivity index is 1.70. The van der Waals surface area contributed by atoms with Crippen LogP contribution in [0.15, 0.2) is 12.4 Å². The number of hydrogen-bond donors (Lipinski definition) is 0. The van der Waals surface area contributed by atoms with E-state index >= 15 is 0 Å². The summed E-state index contributed by atoms with van der Waals surface area (Å²) in [5.74, 6) is 1.04. The first kappa shape index (κ1) is 16.2. The van der Waals surface area contributed by atoms with Crippen LogP contribution in [-0.2, 0) is 16.0 Å². The summed E-state index contributed by atoms with van der Waals surface area (Å²) >= 11 is 0. The Hall–Kier alpha value is -1.69. The van der Waals surface area contributed by atoms with E-state index < -0.39 is 0 Å². The Labute approximate surface area is 137 Å². The zero-order chi connectivity index (χ0) is 16.3. The van der Waals surface area contributed by atoms with Crippen molar-refractivity contribution in [3.05, 3.63) is 18.0 Å². The van der Waals surface area contributed by atoms with Gasteiger partial charge in [-0.1, -0.05) is 6.92 Å². The number of ether oxygens (including phenoxy) is 1. The summed E-state index contributed by atoms with van der Waals surface area (Å²) < 4.78 is 5.13. The number of aryl methyl sites for hydroxylation is 1. The van der Waals surface area contributed by atoms with Crippen molar-refractivity contribution < 1.29 is 9.53 Å². The molecule has 2 aliphatic rings. The molecule has 2 fully saturated rings. The number of aromatic nitrogens is 2. The van der Waals surface area contributed by atoms with Gasteiger partial charge in [-0.05, 0) is 31.2 Å². The van der Waals surface area contributed by atoms with Crippen LogP contribution in [0.2, 0.25) is 0 Å². The summed E-state index contributed by atoms with van der Waals surface area (Å²) in [6, 6.07) is 0. The van der Waals surface area contributed by atoms with Crippen molar-refractivity contribution in [3.63, 3.8) is 0 Å². The van der Waals surface area contributed by atoms with Crippen LogP contribution in [-0.4, -0.2) is 60.7 Å². The van der Waals surface area contributed by atoms with Gasteiger partial charge in [-0.3, -0.25) is 4.79 Å². The first-order valence-electron chi connectivity index (χ1n) is 8.53. The maximum atomic E-state index is 12.9. The second-order valence-electron chi connectivity index (χ2n) is 6.59. The summed E-state index contributed by atoms with van der Waals surface area (Å²) in [4.78, 5) is 26.0. The van der Waals surface area contributed by atoms with E-state index in [0.717, 1.165) is 56.8 Å². The number of rotatable bonds is 5. The average molecular weight is 318 g/mol. The van der Waals surface area contributed by atoms with Crippen molar-refractivity contribution in [2.75, 3.05) is 44.8 Å². The largest absolute Gasteiger partial charge is 0.383 e. The highest BCUT2D eigenvalue weighted by atomic mass is 16.5. The highest BCUT2D eigenvalue weighted by Crippen LogP contribution is 2.40. The van der Waals surface area contributed by atoms with Crippen LogP contribution < -0.4 is 4.90 Å². The van der Waals surface area contributed by atoms with Gasteiger partial charge in [-0.15, -0.1) is 0 Å². The fraction of sp³-hybridized carbons (Fsp3) is 0.706. The van der Waals surface area contributed by atoms with Gasteiger partial charge in [0.15, 0.2) is 0 Å². The van der Waals surface area contributed by atoms with Crippen molar-refractivity contribution in [2.45, 2.75) is 32.6 Å². The van der Waals surface area contributed by atoms with Gasteiger partial charge in [-0.25, -0.2) is 9.97 Å². The van der Waals surface area contributed by atoms with Crippen molar-refractivity contribution >= 4 is 11.9 Å². The fourth-order valence-corrected chi connectivity index (χ4v) is 3.68. The van der Waals surface area contributed by atoms with Gasteiger partial charge in [0.25, 0.3) is 0 Å². The number of methoxy groups -OCH3 is 1. The maximum absolute atomic E-state index is 12.9. The van der Waals surface area contributed by atoms with Crippen LogP contribution in [0.25, 0.3) is 0 Å². The number of carbonyl (C=O) groups is 1. The van der Waals surface area contributed by atoms with E-state index in [0.29, 0.717) is 13.2 Å². The molecule has 23 heavy (non-hydrogen) atoms. The third-order valence-corrected chi connectivity index (χ3v) is 5.13. The molecule has 1 amide bonds. The molecule has 1 spiro atoms. The van der Waals surface area contributed by atoms with Gasteiger partial charge in [0, 0.05) is 45.7 Å². The van der Waals surface area contributed by atoms with E-state index in [-0.39, 0.29) is 11.3 Å². The lowest BCUT2D eigenvalue weighted by Crippen LogP contribution is -2.51. The molecule has 0 aromatic carbocycles. The Morgan fingerprint density at radius 3 is 2.74 bits per heavy atom. The van der Waals surface area contributed by atoms with Gasteiger partial charge in [-0.2, -0.15) is 0 Å². The van der Waals surface area contributed by atoms with Crippen molar-refractivity contribution in [3.8, 4) is 0 Å². The second kappa shape index (κ2) is 6.83. The lowest BCUT2D eigenvalue weighted by Gasteiger charge is -2.39. The number of hydrogen-bond acceptors (Lipinski definition) is 5. The van der Waals surface area contributed by atoms with E-state index in [9.17, 15) is 4.79 Å². The average Bonchev–Trinajstić information content (AvgIpc) is 3.01. The number of piperidine rings is 1. The highest BCUT2D eigenvalue weighted by Gasteiger charge is 2.48. The van der Waals surface area contributed by atoms with Gasteiger partial charge in [0.1, 0.15) is 0 Å². The molecule has 1 aromatic heterocycles. The predicted octanol–water partition coefficient (Wildman–Crippen LogP) is 1.50. The van der Waals surface area contributed by atoms with E-state index in [1.54, 1.807) is 7.11 Å². The molecule has 6 nitrogen and oxygen atoms in total. The van der Waals surface area contributed by atoms with Crippen LogP contribution in [0.3, 0.4) is 0 Å². The Bertz CT molecular complexity index is 548. The molecular weight excluding hydrogens is 292 g/mol. The molecular formula is C17H26N4O2. The number of likely N-dealkylation sites (tertiary alicyclic amines) is 1. The Morgan fingerprint density at radius 1 is 1.26 bits per heavy atom. The monoisotopic (exact) mass is 318 g/mol. The van der Waals surface area contributed by atoms with Gasteiger partial charge in [0.05, 0.1) is 12.0 Å². The molecule has 0 radical (unpaired) electrons. The molecule has 0 bridgehead atoms. The van der Waals surface area contributed by atoms with E-state index in [1.165, 1.54) is 0 Å². The topological polar surface area (TPSA) is 58.6 Å². The van der Waals surface area contributed by atoms with Crippen LogP contribution >= 0.6 is 0 Å². The van der Waals surface area contributed by atoms with Crippen LogP contribution in [0, 0.1) is 5.41 Å². The summed E-state index contributed by atoms with van der Waals surface area (Å²) in [5, 5.41) is 0. The van der Waals surface area contributed by atoms with E-state index in [2.05, 4.69) is 21.8 Å². The standard InChI is InChI=1S/C17H26N4O2/c1-3-14-11-18-16(19-12-14)21-8-6-17(13-21)5-4-7-20(15(17)22)9-10-23-2/h11-12H,3-10,13H2,1-2H3/t17-/m1/s1. The lowest BCUT2D eigenvalue weighted by molar-refractivity contribution is -0.145. The minimum atomic E-state index is -0.251. The Kier molecular flexibility index (Phi) is 4.80. The van der Waals surface area contributed by atoms with Crippen LogP contribution in [0.5, 0.6) is 0 Å². The minimum absolute atomic E-state index is 0.251. The van der Waals surface area contributed by atoms with Crippen molar-refractivity contribution in [1.82, 2.24) is 14.9 Å². The van der Waals surface area contributed by atoms with Crippen LogP contribution in [0.4, 0.5) is 5.95 Å².